The summed E-state index contributed by atoms with van der Waals surface area (Å²) in [5.74, 6) is -0.567. The molecule has 8 heteroatoms. The van der Waals surface area contributed by atoms with E-state index in [0.717, 1.165) is 11.3 Å². The molecule has 0 saturated heterocycles. The van der Waals surface area contributed by atoms with Gasteiger partial charge in [-0.1, -0.05) is 22.9 Å². The second-order valence-corrected chi connectivity index (χ2v) is 5.10. The van der Waals surface area contributed by atoms with Crippen LogP contribution >= 0.6 is 22.9 Å². The maximum Gasteiger partial charge on any atom is 0.351 e. The van der Waals surface area contributed by atoms with Crippen LogP contribution < -0.4 is 5.32 Å². The Morgan fingerprint density at radius 3 is 2.71 bits per heavy atom. The molecule has 0 radical (unpaired) electrons. The number of nitriles is 2. The summed E-state index contributed by atoms with van der Waals surface area (Å²) >= 11 is 6.89. The normalized spacial score (nSPS) is 9.52. The molecule has 6 nitrogen and oxygen atoms in total. The lowest BCUT2D eigenvalue weighted by Gasteiger charge is -2.03. The van der Waals surface area contributed by atoms with Gasteiger partial charge in [0.15, 0.2) is 15.2 Å². The van der Waals surface area contributed by atoms with Crippen LogP contribution in [0, 0.1) is 22.7 Å². The number of rotatable bonds is 3. The number of carbonyl (C=O) groups excluding carboxylic acids is 1. The van der Waals surface area contributed by atoms with Gasteiger partial charge in [-0.3, -0.25) is 0 Å². The van der Waals surface area contributed by atoms with Crippen molar-refractivity contribution >= 4 is 39.7 Å². The molecule has 0 aliphatic carbocycles. The molecule has 0 atom stereocenters. The molecule has 1 N–H and O–H groups in total. The van der Waals surface area contributed by atoms with Crippen molar-refractivity contribution in [3.8, 4) is 12.1 Å². The Morgan fingerprint density at radius 1 is 1.38 bits per heavy atom. The number of aromatic nitrogens is 1. The first-order valence-corrected chi connectivity index (χ1v) is 6.74. The van der Waals surface area contributed by atoms with E-state index < -0.39 is 5.97 Å². The summed E-state index contributed by atoms with van der Waals surface area (Å²) in [6.45, 7) is 0. The van der Waals surface area contributed by atoms with Crippen molar-refractivity contribution in [2.45, 2.75) is 0 Å². The lowest BCUT2D eigenvalue weighted by Crippen LogP contribution is -1.98. The summed E-state index contributed by atoms with van der Waals surface area (Å²) in [6.07, 6.45) is 0. The van der Waals surface area contributed by atoms with Gasteiger partial charge in [-0.25, -0.2) is 9.78 Å². The predicted octanol–water partition coefficient (Wildman–Crippen LogP) is 3.07. The molecule has 2 rings (SSSR count). The van der Waals surface area contributed by atoms with Crippen molar-refractivity contribution in [1.29, 1.82) is 10.5 Å². The number of esters is 1. The van der Waals surface area contributed by atoms with Gasteiger partial charge in [0.2, 0.25) is 0 Å². The minimum absolute atomic E-state index is 0.0449. The van der Waals surface area contributed by atoms with Crippen LogP contribution in [0.1, 0.15) is 20.8 Å². The molecule has 2 aromatic rings. The van der Waals surface area contributed by atoms with Crippen molar-refractivity contribution in [2.75, 3.05) is 12.4 Å². The van der Waals surface area contributed by atoms with Gasteiger partial charge in [0.1, 0.15) is 12.1 Å². The van der Waals surface area contributed by atoms with E-state index in [1.807, 2.05) is 12.1 Å². The summed E-state index contributed by atoms with van der Waals surface area (Å²) in [6, 6.07) is 8.54. The predicted molar refractivity (Wildman–Crippen MR) is 77.6 cm³/mol. The minimum Gasteiger partial charge on any atom is -0.465 e. The molecular formula is C13H7ClN4O2S. The third-order valence-electron chi connectivity index (χ3n) is 2.47. The first-order valence-electron chi connectivity index (χ1n) is 5.55. The van der Waals surface area contributed by atoms with Crippen LogP contribution in [0.15, 0.2) is 18.2 Å². The number of hydrogen-bond acceptors (Lipinski definition) is 7. The van der Waals surface area contributed by atoms with Gasteiger partial charge in [0.05, 0.1) is 18.2 Å². The van der Waals surface area contributed by atoms with Crippen LogP contribution in [0.5, 0.6) is 0 Å². The molecule has 0 bridgehead atoms. The Balaban J connectivity index is 2.29. The van der Waals surface area contributed by atoms with Crippen molar-refractivity contribution in [3.05, 3.63) is 39.4 Å². The first kappa shape index (κ1) is 14.8. The highest BCUT2D eigenvalue weighted by molar-refractivity contribution is 7.18. The van der Waals surface area contributed by atoms with Crippen LogP contribution in [0.4, 0.5) is 10.8 Å². The summed E-state index contributed by atoms with van der Waals surface area (Å²) in [7, 11) is 1.26. The van der Waals surface area contributed by atoms with E-state index in [9.17, 15) is 4.79 Å². The molecule has 1 aromatic carbocycles. The molecule has 104 valence electrons. The fourth-order valence-corrected chi connectivity index (χ4v) is 2.63. The van der Waals surface area contributed by atoms with Crippen LogP contribution in [0.3, 0.4) is 0 Å². The summed E-state index contributed by atoms with van der Waals surface area (Å²) in [5.41, 5.74) is 1.10. The molecule has 0 spiro atoms. The second kappa shape index (κ2) is 6.23. The zero-order valence-corrected chi connectivity index (χ0v) is 12.2. The summed E-state index contributed by atoms with van der Waals surface area (Å²) < 4.78 is 4.59. The number of benzene rings is 1. The van der Waals surface area contributed by atoms with Crippen molar-refractivity contribution in [1.82, 2.24) is 4.98 Å². The number of halogens is 1. The molecule has 0 amide bonds. The smallest absolute Gasteiger partial charge is 0.351 e. The second-order valence-electron chi connectivity index (χ2n) is 3.74. The van der Waals surface area contributed by atoms with E-state index >= 15 is 0 Å². The number of thiazole rings is 1. The zero-order valence-electron chi connectivity index (χ0n) is 10.7. The molecular weight excluding hydrogens is 312 g/mol. The van der Waals surface area contributed by atoms with Gasteiger partial charge in [-0.15, -0.1) is 0 Å². The van der Waals surface area contributed by atoms with Crippen molar-refractivity contribution < 1.29 is 9.53 Å². The minimum atomic E-state index is -0.567. The molecule has 0 saturated carbocycles. The molecule has 1 heterocycles. The fraction of sp³-hybridized carbons (Fsp3) is 0.0769. The average molecular weight is 319 g/mol. The number of anilines is 2. The quantitative estimate of drug-likeness (QED) is 0.873. The van der Waals surface area contributed by atoms with Gasteiger partial charge in [0, 0.05) is 5.69 Å². The lowest BCUT2D eigenvalue weighted by atomic mass is 10.1. The molecule has 1 aromatic heterocycles. The summed E-state index contributed by atoms with van der Waals surface area (Å²) in [4.78, 5) is 15.6. The fourth-order valence-electron chi connectivity index (χ4n) is 1.51. The average Bonchev–Trinajstić information content (AvgIpc) is 2.86. The van der Waals surface area contributed by atoms with Gasteiger partial charge < -0.3 is 10.1 Å². The van der Waals surface area contributed by atoms with Crippen LogP contribution in [-0.4, -0.2) is 18.1 Å². The number of ether oxygens (including phenoxy) is 1. The van der Waals surface area contributed by atoms with Gasteiger partial charge >= 0.3 is 5.97 Å². The maximum atomic E-state index is 11.4. The third kappa shape index (κ3) is 3.11. The maximum absolute atomic E-state index is 11.4. The van der Waals surface area contributed by atoms with Gasteiger partial charge in [-0.05, 0) is 18.2 Å². The van der Waals surface area contributed by atoms with Crippen LogP contribution in [-0.2, 0) is 4.74 Å². The molecule has 0 aliphatic heterocycles. The molecule has 0 aliphatic rings. The standard InChI is InChI=1S/C13H7ClN4O2S/c1-20-12(19)10-11(14)18-13(21-10)17-9-3-2-7(5-15)8(4-9)6-16/h2-4H,1H3,(H,17,18). The van der Waals surface area contributed by atoms with E-state index in [0.29, 0.717) is 10.8 Å². The van der Waals surface area contributed by atoms with E-state index in [2.05, 4.69) is 15.0 Å². The highest BCUT2D eigenvalue weighted by Crippen LogP contribution is 2.30. The zero-order chi connectivity index (χ0) is 15.4. The number of nitrogens with zero attached hydrogens (tertiary/aromatic N) is 3. The van der Waals surface area contributed by atoms with Crippen molar-refractivity contribution in [2.24, 2.45) is 0 Å². The SMILES string of the molecule is COC(=O)c1sc(Nc2ccc(C#N)c(C#N)c2)nc1Cl. The lowest BCUT2D eigenvalue weighted by molar-refractivity contribution is 0.0606. The van der Waals surface area contributed by atoms with Crippen molar-refractivity contribution in [3.63, 3.8) is 0 Å². The Labute approximate surface area is 129 Å². The highest BCUT2D eigenvalue weighted by atomic mass is 35.5. The van der Waals surface area contributed by atoms with E-state index in [1.54, 1.807) is 6.07 Å². The largest absolute Gasteiger partial charge is 0.465 e. The number of methoxy groups -OCH3 is 1. The van der Waals surface area contributed by atoms with E-state index in [4.69, 9.17) is 22.1 Å². The first-order chi connectivity index (χ1) is 10.1. The molecule has 0 unspecified atom stereocenters. The molecule has 0 fully saturated rings. The number of nitrogens with one attached hydrogen (secondary N) is 1. The van der Waals surface area contributed by atoms with Gasteiger partial charge in [0.25, 0.3) is 0 Å². The van der Waals surface area contributed by atoms with Crippen LogP contribution in [0.25, 0.3) is 0 Å². The highest BCUT2D eigenvalue weighted by Gasteiger charge is 2.17. The number of hydrogen-bond donors (Lipinski definition) is 1. The van der Waals surface area contributed by atoms with E-state index in [1.165, 1.54) is 19.2 Å². The van der Waals surface area contributed by atoms with Gasteiger partial charge in [-0.2, -0.15) is 10.5 Å². The Morgan fingerprint density at radius 2 is 2.10 bits per heavy atom. The van der Waals surface area contributed by atoms with E-state index in [-0.39, 0.29) is 21.2 Å². The van der Waals surface area contributed by atoms with Crippen LogP contribution in [0.2, 0.25) is 5.15 Å². The Kier molecular flexibility index (Phi) is 4.39. The third-order valence-corrected chi connectivity index (χ3v) is 3.80. The number of carbonyl (C=O) groups is 1. The topological polar surface area (TPSA) is 98.8 Å². The molecule has 21 heavy (non-hydrogen) atoms. The Bertz CT molecular complexity index is 788. The monoisotopic (exact) mass is 318 g/mol. The Hall–Kier alpha value is -2.61. The summed E-state index contributed by atoms with van der Waals surface area (Å²) in [5, 5.41) is 21.2.